The maximum Gasteiger partial charge on any atom is 0.257 e. The number of hydrogen-bond donors (Lipinski definition) is 0. The predicted octanol–water partition coefficient (Wildman–Crippen LogP) is 1.89. The Bertz CT molecular complexity index is 731. The van der Waals surface area contributed by atoms with E-state index in [0.717, 1.165) is 11.9 Å². The fourth-order valence-corrected chi connectivity index (χ4v) is 2.83. The van der Waals surface area contributed by atoms with E-state index in [9.17, 15) is 9.18 Å². The monoisotopic (exact) mass is 330 g/mol. The summed E-state index contributed by atoms with van der Waals surface area (Å²) in [5.74, 6) is -0.891. The first kappa shape index (κ1) is 16.3. The maximum atomic E-state index is 13.9. The highest BCUT2D eigenvalue weighted by Gasteiger charge is 2.27. The molecule has 0 fully saturated rings. The molecule has 1 amide bonds. The molecular formula is C17H19FN4O2. The highest BCUT2D eigenvalue weighted by molar-refractivity contribution is 5.94. The SMILES string of the molecule is C=CCOC[C@@H]1CN(C(=O)c2ccncc2F)Cc2ccnn2C1. The van der Waals surface area contributed by atoms with Crippen LogP contribution in [0.1, 0.15) is 16.1 Å². The molecule has 0 spiro atoms. The summed E-state index contributed by atoms with van der Waals surface area (Å²) in [7, 11) is 0. The van der Waals surface area contributed by atoms with Gasteiger partial charge in [-0.25, -0.2) is 4.39 Å². The number of aromatic nitrogens is 3. The van der Waals surface area contributed by atoms with Crippen LogP contribution in [-0.4, -0.2) is 45.3 Å². The summed E-state index contributed by atoms with van der Waals surface area (Å²) in [4.78, 5) is 18.1. The van der Waals surface area contributed by atoms with E-state index in [2.05, 4.69) is 16.7 Å². The van der Waals surface area contributed by atoms with Gasteiger partial charge in [0.1, 0.15) is 0 Å². The summed E-state index contributed by atoms with van der Waals surface area (Å²) >= 11 is 0. The summed E-state index contributed by atoms with van der Waals surface area (Å²) in [6, 6.07) is 3.28. The normalized spacial score (nSPS) is 17.2. The molecule has 24 heavy (non-hydrogen) atoms. The van der Waals surface area contributed by atoms with Gasteiger partial charge < -0.3 is 9.64 Å². The largest absolute Gasteiger partial charge is 0.377 e. The van der Waals surface area contributed by atoms with Crippen LogP contribution in [0.5, 0.6) is 0 Å². The van der Waals surface area contributed by atoms with Crippen molar-refractivity contribution in [3.8, 4) is 0 Å². The zero-order valence-corrected chi connectivity index (χ0v) is 13.3. The van der Waals surface area contributed by atoms with Crippen molar-refractivity contribution < 1.29 is 13.9 Å². The van der Waals surface area contributed by atoms with E-state index >= 15 is 0 Å². The molecular weight excluding hydrogens is 311 g/mol. The van der Waals surface area contributed by atoms with Gasteiger partial charge in [-0.05, 0) is 12.1 Å². The molecule has 126 valence electrons. The lowest BCUT2D eigenvalue weighted by atomic mass is 10.1. The van der Waals surface area contributed by atoms with Crippen LogP contribution in [0.15, 0.2) is 43.4 Å². The predicted molar refractivity (Wildman–Crippen MR) is 85.7 cm³/mol. The molecule has 2 aromatic heterocycles. The third-order valence-corrected chi connectivity index (χ3v) is 3.95. The van der Waals surface area contributed by atoms with Crippen molar-refractivity contribution in [2.75, 3.05) is 19.8 Å². The van der Waals surface area contributed by atoms with E-state index in [1.54, 1.807) is 17.2 Å². The topological polar surface area (TPSA) is 60.2 Å². The van der Waals surface area contributed by atoms with Gasteiger partial charge in [0.05, 0.1) is 37.2 Å². The first-order valence-corrected chi connectivity index (χ1v) is 7.77. The molecule has 0 aliphatic carbocycles. The second-order valence-electron chi connectivity index (χ2n) is 5.74. The average molecular weight is 330 g/mol. The van der Waals surface area contributed by atoms with Gasteiger partial charge in [-0.3, -0.25) is 14.5 Å². The number of hydrogen-bond acceptors (Lipinski definition) is 4. The van der Waals surface area contributed by atoms with Crippen molar-refractivity contribution >= 4 is 5.91 Å². The summed E-state index contributed by atoms with van der Waals surface area (Å²) in [5.41, 5.74) is 0.952. The minimum Gasteiger partial charge on any atom is -0.377 e. The van der Waals surface area contributed by atoms with Gasteiger partial charge in [0.2, 0.25) is 0 Å². The number of amides is 1. The second-order valence-corrected chi connectivity index (χ2v) is 5.74. The molecule has 7 heteroatoms. The minimum atomic E-state index is -0.611. The lowest BCUT2D eigenvalue weighted by molar-refractivity contribution is 0.0633. The van der Waals surface area contributed by atoms with Crippen molar-refractivity contribution in [2.24, 2.45) is 5.92 Å². The Balaban J connectivity index is 1.82. The Kier molecular flexibility index (Phi) is 5.00. The standard InChI is InChI=1S/C17H19FN4O2/c1-2-7-24-12-13-9-21(11-14-3-6-20-22(14)10-13)17(23)15-4-5-19-8-16(15)18/h2-6,8,13H,1,7,9-12H2/t13-/m1/s1. The van der Waals surface area contributed by atoms with Crippen molar-refractivity contribution in [3.63, 3.8) is 0 Å². The number of carbonyl (C=O) groups is 1. The second kappa shape index (κ2) is 7.35. The van der Waals surface area contributed by atoms with Gasteiger partial charge in [0, 0.05) is 31.4 Å². The van der Waals surface area contributed by atoms with Crippen LogP contribution in [0, 0.1) is 11.7 Å². The third-order valence-electron chi connectivity index (χ3n) is 3.95. The molecule has 1 atom stereocenters. The number of fused-ring (bicyclic) bond motifs is 1. The van der Waals surface area contributed by atoms with Gasteiger partial charge in [-0.1, -0.05) is 6.08 Å². The molecule has 0 saturated heterocycles. The Hall–Kier alpha value is -2.54. The first-order chi connectivity index (χ1) is 11.7. The average Bonchev–Trinajstić information content (AvgIpc) is 2.93. The molecule has 0 N–H and O–H groups in total. The first-order valence-electron chi connectivity index (χ1n) is 7.77. The van der Waals surface area contributed by atoms with E-state index in [4.69, 9.17) is 4.74 Å². The van der Waals surface area contributed by atoms with Crippen molar-refractivity contribution in [3.05, 3.63) is 60.5 Å². The maximum absolute atomic E-state index is 13.9. The summed E-state index contributed by atoms with van der Waals surface area (Å²) in [6.07, 6.45) is 5.87. The molecule has 0 aromatic carbocycles. The van der Waals surface area contributed by atoms with Gasteiger partial charge in [-0.15, -0.1) is 6.58 Å². The number of nitrogens with zero attached hydrogens (tertiary/aromatic N) is 4. The molecule has 0 saturated carbocycles. The van der Waals surface area contributed by atoms with Crippen molar-refractivity contribution in [2.45, 2.75) is 13.1 Å². The molecule has 1 aliphatic rings. The highest BCUT2D eigenvalue weighted by Crippen LogP contribution is 2.19. The fraction of sp³-hybridized carbons (Fsp3) is 0.353. The third kappa shape index (κ3) is 3.51. The number of rotatable bonds is 5. The number of carbonyl (C=O) groups excluding carboxylic acids is 1. The number of halogens is 1. The molecule has 2 aromatic rings. The molecule has 6 nitrogen and oxygen atoms in total. The van der Waals surface area contributed by atoms with Crippen LogP contribution in [0.4, 0.5) is 4.39 Å². The van der Waals surface area contributed by atoms with Crippen LogP contribution in [-0.2, 0) is 17.8 Å². The molecule has 3 heterocycles. The summed E-state index contributed by atoms with van der Waals surface area (Å²) in [5, 5.41) is 4.30. The molecule has 3 rings (SSSR count). The van der Waals surface area contributed by atoms with Crippen LogP contribution in [0.25, 0.3) is 0 Å². The molecule has 0 unspecified atom stereocenters. The zero-order valence-electron chi connectivity index (χ0n) is 13.3. The molecule has 1 aliphatic heterocycles. The highest BCUT2D eigenvalue weighted by atomic mass is 19.1. The van der Waals surface area contributed by atoms with E-state index < -0.39 is 5.82 Å². The van der Waals surface area contributed by atoms with Crippen molar-refractivity contribution in [1.29, 1.82) is 0 Å². The number of ether oxygens (including phenoxy) is 1. The summed E-state index contributed by atoms with van der Waals surface area (Å²) < 4.78 is 21.3. The van der Waals surface area contributed by atoms with Crippen LogP contribution >= 0.6 is 0 Å². The van der Waals surface area contributed by atoms with Gasteiger partial charge in [0.15, 0.2) is 5.82 Å². The quantitative estimate of drug-likeness (QED) is 0.620. The van der Waals surface area contributed by atoms with E-state index in [-0.39, 0.29) is 17.4 Å². The summed E-state index contributed by atoms with van der Waals surface area (Å²) in [6.45, 7) is 6.08. The Morgan fingerprint density at radius 3 is 3.08 bits per heavy atom. The fourth-order valence-electron chi connectivity index (χ4n) is 2.83. The zero-order chi connectivity index (χ0) is 16.9. The van der Waals surface area contributed by atoms with Crippen LogP contribution in [0.2, 0.25) is 0 Å². The minimum absolute atomic E-state index is 0.0312. The lowest BCUT2D eigenvalue weighted by Gasteiger charge is -2.24. The van der Waals surface area contributed by atoms with Crippen LogP contribution < -0.4 is 0 Å². The van der Waals surface area contributed by atoms with E-state index in [1.807, 2.05) is 10.7 Å². The van der Waals surface area contributed by atoms with Crippen LogP contribution in [0.3, 0.4) is 0 Å². The Morgan fingerprint density at radius 1 is 1.42 bits per heavy atom. The Morgan fingerprint density at radius 2 is 2.29 bits per heavy atom. The smallest absolute Gasteiger partial charge is 0.257 e. The number of pyridine rings is 1. The van der Waals surface area contributed by atoms with E-state index in [1.165, 1.54) is 12.3 Å². The van der Waals surface area contributed by atoms with Gasteiger partial charge >= 0.3 is 0 Å². The van der Waals surface area contributed by atoms with E-state index in [0.29, 0.717) is 32.8 Å². The lowest BCUT2D eigenvalue weighted by Crippen LogP contribution is -2.35. The van der Waals surface area contributed by atoms with Crippen molar-refractivity contribution in [1.82, 2.24) is 19.7 Å². The molecule has 0 radical (unpaired) electrons. The Labute approximate surface area is 139 Å². The van der Waals surface area contributed by atoms with Gasteiger partial charge in [-0.2, -0.15) is 5.10 Å². The van der Waals surface area contributed by atoms with Gasteiger partial charge in [0.25, 0.3) is 5.91 Å². The molecule has 0 bridgehead atoms.